The van der Waals surface area contributed by atoms with E-state index >= 15 is 8.78 Å². The van der Waals surface area contributed by atoms with E-state index in [1.54, 1.807) is 0 Å². The first-order valence-corrected chi connectivity index (χ1v) is 29.7. The molecular weight excluding hydrogens is 1110 g/mol. The molecule has 6 aromatic heterocycles. The molecule has 90 heavy (non-hydrogen) atoms. The highest BCUT2D eigenvalue weighted by Crippen LogP contribution is 2.44. The lowest BCUT2D eigenvalue weighted by atomic mass is 9.98. The van der Waals surface area contributed by atoms with Gasteiger partial charge in [0, 0.05) is 77.7 Å². The van der Waals surface area contributed by atoms with Gasteiger partial charge in [0.2, 0.25) is 0 Å². The summed E-state index contributed by atoms with van der Waals surface area (Å²) < 4.78 is 36.2. The average Bonchev–Trinajstić information content (AvgIpc) is 1.72. The molecule has 0 N–H and O–H groups in total. The highest BCUT2D eigenvalue weighted by molar-refractivity contribution is 6.14. The molecule has 0 unspecified atom stereocenters. The maximum atomic E-state index is 16.0. The van der Waals surface area contributed by atoms with Crippen molar-refractivity contribution in [1.82, 2.24) is 29.1 Å². The van der Waals surface area contributed by atoms with Crippen LogP contribution in [0.2, 0.25) is 0 Å². The second-order valence-corrected chi connectivity index (χ2v) is 22.4. The molecule has 0 spiro atoms. The van der Waals surface area contributed by atoms with E-state index in [1.807, 2.05) is 158 Å². The molecule has 0 saturated carbocycles. The van der Waals surface area contributed by atoms with Crippen molar-refractivity contribution in [3.63, 3.8) is 0 Å². The quantitative estimate of drug-likeness (QED) is 0.129. The van der Waals surface area contributed by atoms with E-state index in [-0.39, 0.29) is 0 Å². The minimum atomic E-state index is -0.736. The topological polar surface area (TPSA) is 85.2 Å². The summed E-state index contributed by atoms with van der Waals surface area (Å²) in [6.45, 7) is 0. The number of hydrogen-bond acceptors (Lipinski definition) is 5. The molecule has 0 fully saturated rings. The van der Waals surface area contributed by atoms with Gasteiger partial charge in [-0.05, 0) is 127 Å². The van der Waals surface area contributed by atoms with Gasteiger partial charge in [0.05, 0.1) is 84.6 Å². The van der Waals surface area contributed by atoms with Crippen LogP contribution >= 0.6 is 0 Å². The normalized spacial score (nSPS) is 11.4. The fourth-order valence-electron chi connectivity index (χ4n) is 12.6. The van der Waals surface area contributed by atoms with Gasteiger partial charge in [0.25, 0.3) is 0 Å². The van der Waals surface area contributed by atoms with Gasteiger partial charge in [0.15, 0.2) is 0 Å². The van der Waals surface area contributed by atoms with Gasteiger partial charge in [-0.1, -0.05) is 170 Å². The first-order valence-electron chi connectivity index (χ1n) is 29.7. The van der Waals surface area contributed by atoms with Crippen molar-refractivity contribution < 1.29 is 8.78 Å². The molecule has 0 amide bonds. The summed E-state index contributed by atoms with van der Waals surface area (Å²) >= 11 is 0. The summed E-state index contributed by atoms with van der Waals surface area (Å²) in [5, 5.41) is 15.3. The molecule has 6 heterocycles. The Hall–Kier alpha value is -12.3. The van der Waals surface area contributed by atoms with E-state index in [0.717, 1.165) is 140 Å². The number of pyridine rings is 4. The van der Waals surface area contributed by atoms with Crippen molar-refractivity contribution >= 4 is 43.6 Å². The largest absolute Gasteiger partial charge is 0.309 e. The van der Waals surface area contributed by atoms with Crippen LogP contribution in [-0.2, 0) is 0 Å². The lowest BCUT2D eigenvalue weighted by Crippen LogP contribution is -2.04. The SMILES string of the molecule is N#Cc1cc(-n2c3ccc(-c4cccc(-c5ccccc5)n4)cc3c3cc(-c4cccc(-c5ccccc5)n4)ccc32)c(-c2cc(F)cc(F)c2)cc1-n1c2ccc(-c3cccc(-c4ccccc4)n3)cc2c2cc(-c3cccc(-c4ccccc4)n3)ccc21. The number of fused-ring (bicyclic) bond motifs is 6. The highest BCUT2D eigenvalue weighted by Gasteiger charge is 2.25. The van der Waals surface area contributed by atoms with E-state index in [1.165, 1.54) is 12.1 Å². The fraction of sp³-hybridized carbons (Fsp3) is 0. The second-order valence-electron chi connectivity index (χ2n) is 22.4. The number of halogens is 2. The van der Waals surface area contributed by atoms with Crippen molar-refractivity contribution in [1.29, 1.82) is 5.26 Å². The lowest BCUT2D eigenvalue weighted by Gasteiger charge is -2.19. The Morgan fingerprint density at radius 3 is 0.844 bits per heavy atom. The van der Waals surface area contributed by atoms with Crippen molar-refractivity contribution in [2.24, 2.45) is 0 Å². The number of nitrogens with zero attached hydrogens (tertiary/aromatic N) is 7. The molecule has 16 rings (SSSR count). The van der Waals surface area contributed by atoms with E-state index in [2.05, 4.69) is 137 Å². The molecule has 10 aromatic carbocycles. The minimum Gasteiger partial charge on any atom is -0.309 e. The summed E-state index contributed by atoms with van der Waals surface area (Å²) in [6, 6.07) is 99.9. The van der Waals surface area contributed by atoms with Crippen molar-refractivity contribution in [2.45, 2.75) is 0 Å². The van der Waals surface area contributed by atoms with Gasteiger partial charge >= 0.3 is 0 Å². The molecule has 7 nitrogen and oxygen atoms in total. The number of aromatic nitrogens is 6. The summed E-state index contributed by atoms with van der Waals surface area (Å²) in [5.74, 6) is -1.47. The third-order valence-electron chi connectivity index (χ3n) is 16.9. The minimum absolute atomic E-state index is 0.291. The third-order valence-corrected chi connectivity index (χ3v) is 16.9. The Kier molecular flexibility index (Phi) is 13.2. The molecule has 16 aromatic rings. The van der Waals surface area contributed by atoms with Crippen molar-refractivity contribution in [3.8, 4) is 119 Å². The maximum absolute atomic E-state index is 16.0. The van der Waals surface area contributed by atoms with E-state index in [9.17, 15) is 5.26 Å². The molecule has 0 aliphatic heterocycles. The predicted octanol–water partition coefficient (Wildman–Crippen LogP) is 20.6. The molecule has 0 saturated heterocycles. The van der Waals surface area contributed by atoms with E-state index in [4.69, 9.17) is 19.9 Å². The zero-order chi connectivity index (χ0) is 60.2. The molecule has 422 valence electrons. The molecule has 0 bridgehead atoms. The Balaban J connectivity index is 0.930. The van der Waals surface area contributed by atoms with Crippen LogP contribution in [0, 0.1) is 23.0 Å². The van der Waals surface area contributed by atoms with Gasteiger partial charge in [-0.15, -0.1) is 0 Å². The molecule has 0 atom stereocenters. The number of benzene rings is 10. The van der Waals surface area contributed by atoms with Crippen LogP contribution in [0.1, 0.15) is 5.56 Å². The van der Waals surface area contributed by atoms with E-state index in [0.29, 0.717) is 28.1 Å². The average molecular weight is 1160 g/mol. The number of rotatable bonds is 11. The van der Waals surface area contributed by atoms with Crippen molar-refractivity contribution in [3.05, 3.63) is 314 Å². The van der Waals surface area contributed by atoms with Crippen molar-refractivity contribution in [2.75, 3.05) is 0 Å². The van der Waals surface area contributed by atoms with Crippen LogP contribution in [0.4, 0.5) is 8.78 Å². The molecule has 0 aliphatic rings. The molecule has 9 heteroatoms. The van der Waals surface area contributed by atoms with Crippen LogP contribution in [0.15, 0.2) is 297 Å². The summed E-state index contributed by atoms with van der Waals surface area (Å²) in [5.41, 5.74) is 19.6. The summed E-state index contributed by atoms with van der Waals surface area (Å²) in [6.07, 6.45) is 0. The van der Waals surface area contributed by atoms with E-state index < -0.39 is 11.6 Å². The van der Waals surface area contributed by atoms with Crippen LogP contribution in [0.5, 0.6) is 0 Å². The van der Waals surface area contributed by atoms with Crippen LogP contribution in [0.25, 0.3) is 156 Å². The summed E-state index contributed by atoms with van der Waals surface area (Å²) in [7, 11) is 0. The van der Waals surface area contributed by atoms with Crippen LogP contribution in [0.3, 0.4) is 0 Å². The molecule has 0 radical (unpaired) electrons. The van der Waals surface area contributed by atoms with Crippen LogP contribution in [-0.4, -0.2) is 29.1 Å². The maximum Gasteiger partial charge on any atom is 0.126 e. The molecule has 0 aliphatic carbocycles. The Labute approximate surface area is 517 Å². The molecular formula is C81H49F2N7. The predicted molar refractivity (Wildman–Crippen MR) is 360 cm³/mol. The number of nitriles is 1. The van der Waals surface area contributed by atoms with Gasteiger partial charge in [0.1, 0.15) is 17.7 Å². The number of hydrogen-bond donors (Lipinski definition) is 0. The zero-order valence-electron chi connectivity index (χ0n) is 48.2. The fourth-order valence-corrected chi connectivity index (χ4v) is 12.6. The van der Waals surface area contributed by atoms with Gasteiger partial charge in [-0.2, -0.15) is 5.26 Å². The van der Waals surface area contributed by atoms with Gasteiger partial charge < -0.3 is 9.13 Å². The Bertz CT molecular complexity index is 5220. The monoisotopic (exact) mass is 1160 g/mol. The van der Waals surface area contributed by atoms with Gasteiger partial charge in [-0.3, -0.25) is 0 Å². The first kappa shape index (κ1) is 53.2. The Morgan fingerprint density at radius 1 is 0.256 bits per heavy atom. The smallest absolute Gasteiger partial charge is 0.126 e. The third kappa shape index (κ3) is 9.62. The summed E-state index contributed by atoms with van der Waals surface area (Å²) in [4.78, 5) is 20.7. The Morgan fingerprint density at radius 2 is 0.544 bits per heavy atom. The standard InChI is InChI=1S/C81H49F2N7/c82-61-41-59(42-62(83)48-61)63-49-80(89-76-37-33-55(72-29-13-25-68(85-72)51-17-5-1-6-18-51)43-64(76)65-44-56(34-38-77(65)89)73-30-14-26-69(86-73)52-19-7-2-8-20-52)60(50-84)47-81(63)90-78-39-35-57(74-31-15-27-70(87-74)53-21-9-3-10-22-53)45-66(78)67-46-58(36-40-79(67)90)75-32-16-28-71(88-75)54-23-11-4-12-24-54/h1-49H. The lowest BCUT2D eigenvalue weighted by molar-refractivity contribution is 0.584. The highest BCUT2D eigenvalue weighted by atomic mass is 19.1. The second kappa shape index (κ2) is 22.2. The van der Waals surface area contributed by atoms with Gasteiger partial charge in [-0.25, -0.2) is 28.7 Å². The van der Waals surface area contributed by atoms with Crippen LogP contribution < -0.4 is 0 Å². The zero-order valence-corrected chi connectivity index (χ0v) is 48.2. The first-order chi connectivity index (χ1) is 44.3.